The lowest BCUT2D eigenvalue weighted by Gasteiger charge is -2.10. The van der Waals surface area contributed by atoms with Gasteiger partial charge in [-0.15, -0.1) is 0 Å². The van der Waals surface area contributed by atoms with Gasteiger partial charge in [-0.25, -0.2) is 4.79 Å². The van der Waals surface area contributed by atoms with Gasteiger partial charge < -0.3 is 15.0 Å². The van der Waals surface area contributed by atoms with Gasteiger partial charge in [-0.1, -0.05) is 53.6 Å². The smallest absolute Gasteiger partial charge is 0.337 e. The van der Waals surface area contributed by atoms with Crippen LogP contribution in [0, 0.1) is 20.8 Å². The lowest BCUT2D eigenvalue weighted by molar-refractivity contribution is 0.0694. The van der Waals surface area contributed by atoms with Crippen molar-refractivity contribution in [1.82, 2.24) is 9.88 Å². The number of halogens is 1. The van der Waals surface area contributed by atoms with E-state index in [4.69, 9.17) is 11.6 Å². The van der Waals surface area contributed by atoms with Crippen molar-refractivity contribution in [1.29, 1.82) is 0 Å². The highest BCUT2D eigenvalue weighted by molar-refractivity contribution is 6.30. The van der Waals surface area contributed by atoms with Crippen molar-refractivity contribution in [2.24, 2.45) is 0 Å². The molecular weight excluding hydrogens is 384 g/mol. The first-order valence-electron chi connectivity index (χ1n) is 9.79. The molecule has 2 aromatic carbocycles. The summed E-state index contributed by atoms with van der Waals surface area (Å²) in [5, 5.41) is 13.9. The number of hydrogen-bond acceptors (Lipinski definition) is 2. The molecule has 0 aliphatic heterocycles. The maximum absolute atomic E-state index is 11.9. The molecule has 29 heavy (non-hydrogen) atoms. The topological polar surface area (TPSA) is 54.3 Å². The largest absolute Gasteiger partial charge is 0.478 e. The maximum atomic E-state index is 11.9. The molecule has 0 spiro atoms. The molecule has 0 amide bonds. The predicted octanol–water partition coefficient (Wildman–Crippen LogP) is 5.15. The summed E-state index contributed by atoms with van der Waals surface area (Å²) in [6.07, 6.45) is 0.910. The summed E-state index contributed by atoms with van der Waals surface area (Å²) in [5.74, 6) is -0.879. The number of carboxylic acids is 1. The second-order valence-corrected chi connectivity index (χ2v) is 7.89. The van der Waals surface area contributed by atoms with Crippen LogP contribution in [0.25, 0.3) is 0 Å². The Morgan fingerprint density at radius 3 is 2.41 bits per heavy atom. The minimum Gasteiger partial charge on any atom is -0.478 e. The van der Waals surface area contributed by atoms with Crippen molar-refractivity contribution in [3.8, 4) is 0 Å². The van der Waals surface area contributed by atoms with Crippen LogP contribution in [0.3, 0.4) is 0 Å². The molecule has 0 radical (unpaired) electrons. The van der Waals surface area contributed by atoms with Gasteiger partial charge in [0, 0.05) is 35.1 Å². The van der Waals surface area contributed by atoms with Gasteiger partial charge in [0.1, 0.15) is 0 Å². The molecule has 1 heterocycles. The molecular formula is C24H27ClN2O2. The predicted molar refractivity (Wildman–Crippen MR) is 118 cm³/mol. The highest BCUT2D eigenvalue weighted by atomic mass is 35.5. The maximum Gasteiger partial charge on any atom is 0.337 e. The van der Waals surface area contributed by atoms with Crippen LogP contribution < -0.4 is 5.32 Å². The second-order valence-electron chi connectivity index (χ2n) is 7.46. The summed E-state index contributed by atoms with van der Waals surface area (Å²) in [4.78, 5) is 11.9. The average molecular weight is 411 g/mol. The number of aromatic nitrogens is 1. The Hall–Kier alpha value is -2.56. The first-order chi connectivity index (χ1) is 13.9. The third kappa shape index (κ3) is 5.08. The lowest BCUT2D eigenvalue weighted by Crippen LogP contribution is -2.18. The minimum absolute atomic E-state index is 0.402. The van der Waals surface area contributed by atoms with Crippen LogP contribution >= 0.6 is 11.6 Å². The summed E-state index contributed by atoms with van der Waals surface area (Å²) in [6.45, 7) is 7.91. The average Bonchev–Trinajstić information content (AvgIpc) is 2.91. The Morgan fingerprint density at radius 1 is 1.03 bits per heavy atom. The first kappa shape index (κ1) is 21.2. The number of nitrogens with zero attached hydrogens (tertiary/aromatic N) is 1. The van der Waals surface area contributed by atoms with E-state index in [9.17, 15) is 9.90 Å². The van der Waals surface area contributed by atoms with Crippen LogP contribution in [0.5, 0.6) is 0 Å². The number of carboxylic acid groups (broad SMARTS) is 1. The minimum atomic E-state index is -0.879. The molecule has 0 saturated carbocycles. The Labute approximate surface area is 177 Å². The molecule has 2 N–H and O–H groups in total. The number of carbonyl (C=O) groups is 1. The van der Waals surface area contributed by atoms with E-state index < -0.39 is 5.97 Å². The van der Waals surface area contributed by atoms with Crippen molar-refractivity contribution < 1.29 is 9.90 Å². The normalized spacial score (nSPS) is 11.0. The summed E-state index contributed by atoms with van der Waals surface area (Å²) < 4.78 is 2.07. The number of aromatic carboxylic acids is 1. The van der Waals surface area contributed by atoms with Gasteiger partial charge in [-0.3, -0.25) is 0 Å². The second kappa shape index (κ2) is 9.29. The Kier molecular flexibility index (Phi) is 6.78. The van der Waals surface area contributed by atoms with E-state index in [1.807, 2.05) is 38.1 Å². The summed E-state index contributed by atoms with van der Waals surface area (Å²) in [7, 11) is 0. The van der Waals surface area contributed by atoms with Crippen molar-refractivity contribution in [2.75, 3.05) is 6.54 Å². The van der Waals surface area contributed by atoms with Crippen LogP contribution in [-0.4, -0.2) is 22.2 Å². The summed E-state index contributed by atoms with van der Waals surface area (Å²) in [6, 6.07) is 16.1. The van der Waals surface area contributed by atoms with Gasteiger partial charge in [-0.05, 0) is 57.0 Å². The number of hydrogen-bond donors (Lipinski definition) is 2. The Bertz CT molecular complexity index is 1010. The molecule has 3 rings (SSSR count). The van der Waals surface area contributed by atoms with Crippen molar-refractivity contribution >= 4 is 17.6 Å². The Balaban J connectivity index is 1.75. The number of nitrogens with one attached hydrogen (secondary N) is 1. The number of aryl methyl sites for hydroxylation is 1. The van der Waals surface area contributed by atoms with Gasteiger partial charge >= 0.3 is 5.97 Å². The zero-order valence-electron chi connectivity index (χ0n) is 17.1. The standard InChI is InChI=1S/C24H27ClN2O2/c1-16-5-4-6-19(13-16)11-12-26-14-22-17(2)27(18(3)23(22)24(28)29)15-20-7-9-21(25)10-8-20/h4-10,13,26H,11-12,14-15H2,1-3H3,(H,28,29). The van der Waals surface area contributed by atoms with Crippen LogP contribution in [-0.2, 0) is 19.5 Å². The van der Waals surface area contributed by atoms with Crippen LogP contribution in [0.1, 0.15) is 44.0 Å². The molecule has 4 nitrogen and oxygen atoms in total. The van der Waals surface area contributed by atoms with E-state index in [1.165, 1.54) is 11.1 Å². The van der Waals surface area contributed by atoms with E-state index in [-0.39, 0.29) is 0 Å². The van der Waals surface area contributed by atoms with Crippen molar-refractivity contribution in [3.63, 3.8) is 0 Å². The third-order valence-corrected chi connectivity index (χ3v) is 5.60. The molecule has 0 bridgehead atoms. The van der Waals surface area contributed by atoms with E-state index >= 15 is 0 Å². The molecule has 1 aromatic heterocycles. The van der Waals surface area contributed by atoms with E-state index in [1.54, 1.807) is 0 Å². The van der Waals surface area contributed by atoms with Crippen LogP contribution in [0.4, 0.5) is 0 Å². The van der Waals surface area contributed by atoms with Crippen LogP contribution in [0.2, 0.25) is 5.02 Å². The van der Waals surface area contributed by atoms with E-state index in [2.05, 4.69) is 41.1 Å². The molecule has 0 aliphatic carbocycles. The third-order valence-electron chi connectivity index (χ3n) is 5.35. The quantitative estimate of drug-likeness (QED) is 0.505. The van der Waals surface area contributed by atoms with Gasteiger partial charge in [0.2, 0.25) is 0 Å². The van der Waals surface area contributed by atoms with E-state index in [0.717, 1.165) is 35.5 Å². The molecule has 0 aliphatic rings. The molecule has 5 heteroatoms. The molecule has 152 valence electrons. The van der Waals surface area contributed by atoms with Crippen molar-refractivity contribution in [3.05, 3.63) is 92.8 Å². The zero-order chi connectivity index (χ0) is 21.0. The van der Waals surface area contributed by atoms with Gasteiger partial charge in [0.05, 0.1) is 5.56 Å². The number of benzene rings is 2. The molecule has 0 unspecified atom stereocenters. The fourth-order valence-corrected chi connectivity index (χ4v) is 3.90. The van der Waals surface area contributed by atoms with Gasteiger partial charge in [0.15, 0.2) is 0 Å². The first-order valence-corrected chi connectivity index (χ1v) is 10.2. The van der Waals surface area contributed by atoms with Crippen molar-refractivity contribution in [2.45, 2.75) is 40.3 Å². The monoisotopic (exact) mass is 410 g/mol. The SMILES string of the molecule is Cc1cccc(CCNCc2c(C(=O)O)c(C)n(Cc3ccc(Cl)cc3)c2C)c1. The molecule has 0 saturated heterocycles. The molecule has 0 atom stereocenters. The highest BCUT2D eigenvalue weighted by Gasteiger charge is 2.22. The Morgan fingerprint density at radius 2 is 1.76 bits per heavy atom. The van der Waals surface area contributed by atoms with Crippen LogP contribution in [0.15, 0.2) is 48.5 Å². The molecule has 0 fully saturated rings. The summed E-state index contributed by atoms with van der Waals surface area (Å²) in [5.41, 5.74) is 6.64. The zero-order valence-corrected chi connectivity index (χ0v) is 17.9. The fraction of sp³-hybridized carbons (Fsp3) is 0.292. The van der Waals surface area contributed by atoms with Gasteiger partial charge in [-0.2, -0.15) is 0 Å². The molecule has 3 aromatic rings. The summed E-state index contributed by atoms with van der Waals surface area (Å²) >= 11 is 5.98. The highest BCUT2D eigenvalue weighted by Crippen LogP contribution is 2.24. The lowest BCUT2D eigenvalue weighted by atomic mass is 10.1. The number of rotatable bonds is 8. The van der Waals surface area contributed by atoms with Gasteiger partial charge in [0.25, 0.3) is 0 Å². The van der Waals surface area contributed by atoms with E-state index in [0.29, 0.717) is 23.7 Å². The fourth-order valence-electron chi connectivity index (χ4n) is 3.77.